The van der Waals surface area contributed by atoms with Gasteiger partial charge in [-0.15, -0.1) is 0 Å². The third kappa shape index (κ3) is 5.95. The summed E-state index contributed by atoms with van der Waals surface area (Å²) < 4.78 is 38.6. The van der Waals surface area contributed by atoms with Crippen LogP contribution in [-0.2, 0) is 19.6 Å². The molecule has 1 heterocycles. The fourth-order valence-electron chi connectivity index (χ4n) is 3.61. The van der Waals surface area contributed by atoms with Crippen molar-refractivity contribution in [3.05, 3.63) is 29.3 Å². The first-order chi connectivity index (χ1) is 13.1. The zero-order chi connectivity index (χ0) is 20.9. The van der Waals surface area contributed by atoms with Crippen molar-refractivity contribution in [1.29, 1.82) is 0 Å². The van der Waals surface area contributed by atoms with Gasteiger partial charge in [-0.3, -0.25) is 4.79 Å². The summed E-state index contributed by atoms with van der Waals surface area (Å²) in [4.78, 5) is 10.8. The molecule has 1 atom stereocenters. The number of nitrogens with zero attached hydrogens (tertiary/aromatic N) is 1. The number of carbonyl (C=O) groups excluding carboxylic acids is 1. The quantitative estimate of drug-likeness (QED) is 0.454. The lowest BCUT2D eigenvalue weighted by molar-refractivity contribution is -0.141. The van der Waals surface area contributed by atoms with Gasteiger partial charge in [-0.25, -0.2) is 8.42 Å². The number of rotatable bonds is 9. The molecular weight excluding hydrogens is 378 g/mol. The maximum Gasteiger partial charge on any atom is 0.302 e. The maximum absolute atomic E-state index is 12.9. The van der Waals surface area contributed by atoms with Gasteiger partial charge in [0.2, 0.25) is 10.0 Å². The molecule has 0 aliphatic carbocycles. The Morgan fingerprint density at radius 3 is 2.64 bits per heavy atom. The third-order valence-electron chi connectivity index (χ3n) is 4.99. The number of ether oxygens (including phenoxy) is 2. The van der Waals surface area contributed by atoms with Crippen LogP contribution in [0.2, 0.25) is 0 Å². The molecule has 1 aliphatic rings. The molecule has 0 saturated heterocycles. The van der Waals surface area contributed by atoms with Gasteiger partial charge < -0.3 is 9.47 Å². The molecular formula is C21H33NO5S. The summed E-state index contributed by atoms with van der Waals surface area (Å²) >= 11 is 0. The van der Waals surface area contributed by atoms with Crippen molar-refractivity contribution in [3.8, 4) is 5.75 Å². The Morgan fingerprint density at radius 2 is 2.00 bits per heavy atom. The Kier molecular flexibility index (Phi) is 7.51. The summed E-state index contributed by atoms with van der Waals surface area (Å²) in [7, 11) is -3.38. The van der Waals surface area contributed by atoms with Crippen LogP contribution in [0, 0.1) is 6.92 Å². The molecule has 1 aromatic carbocycles. The molecule has 158 valence electrons. The highest BCUT2D eigenvalue weighted by atomic mass is 32.2. The number of hydrogen-bond acceptors (Lipinski definition) is 5. The van der Waals surface area contributed by atoms with Crippen LogP contribution in [0.5, 0.6) is 5.75 Å². The lowest BCUT2D eigenvalue weighted by Gasteiger charge is -2.42. The highest BCUT2D eigenvalue weighted by Crippen LogP contribution is 2.44. The zero-order valence-electron chi connectivity index (χ0n) is 17.7. The summed E-state index contributed by atoms with van der Waals surface area (Å²) in [6.07, 6.45) is 2.86. The van der Waals surface area contributed by atoms with E-state index in [1.807, 2.05) is 39.0 Å². The molecule has 0 N–H and O–H groups in total. The molecule has 0 saturated carbocycles. The van der Waals surface area contributed by atoms with E-state index in [2.05, 4.69) is 0 Å². The first-order valence-electron chi connectivity index (χ1n) is 9.98. The number of aryl methyl sites for hydroxylation is 1. The first-order valence-corrected chi connectivity index (χ1v) is 11.6. The minimum Gasteiger partial charge on any atom is -0.487 e. The summed E-state index contributed by atoms with van der Waals surface area (Å²) in [6.45, 7) is 9.90. The molecule has 0 bridgehead atoms. The van der Waals surface area contributed by atoms with Crippen molar-refractivity contribution in [2.75, 3.05) is 18.9 Å². The lowest BCUT2D eigenvalue weighted by atomic mass is 9.89. The molecule has 1 aromatic rings. The Hall–Kier alpha value is -1.60. The Labute approximate surface area is 169 Å². The molecule has 2 rings (SSSR count). The van der Waals surface area contributed by atoms with E-state index in [4.69, 9.17) is 9.47 Å². The Morgan fingerprint density at radius 1 is 1.29 bits per heavy atom. The largest absolute Gasteiger partial charge is 0.487 e. The number of unbranched alkanes of at least 4 members (excludes halogenated alkanes) is 2. The van der Waals surface area contributed by atoms with Gasteiger partial charge in [0.15, 0.2) is 0 Å². The molecule has 6 nitrogen and oxygen atoms in total. The van der Waals surface area contributed by atoms with Crippen LogP contribution in [0.15, 0.2) is 18.2 Å². The van der Waals surface area contributed by atoms with Gasteiger partial charge in [-0.05, 0) is 53.0 Å². The highest BCUT2D eigenvalue weighted by molar-refractivity contribution is 7.89. The molecule has 0 fully saturated rings. The monoisotopic (exact) mass is 411 g/mol. The van der Waals surface area contributed by atoms with Gasteiger partial charge in [-0.2, -0.15) is 4.31 Å². The van der Waals surface area contributed by atoms with Crippen LogP contribution >= 0.6 is 0 Å². The minimum absolute atomic E-state index is 0.0688. The smallest absolute Gasteiger partial charge is 0.302 e. The molecule has 0 amide bonds. The minimum atomic E-state index is -3.38. The fourth-order valence-corrected chi connectivity index (χ4v) is 4.92. The van der Waals surface area contributed by atoms with Gasteiger partial charge in [0.25, 0.3) is 0 Å². The van der Waals surface area contributed by atoms with Crippen molar-refractivity contribution in [2.24, 2.45) is 0 Å². The Bertz CT molecular complexity index is 788. The summed E-state index contributed by atoms with van der Waals surface area (Å²) in [5.74, 6) is 0.545. The van der Waals surface area contributed by atoms with Crippen LogP contribution in [0.4, 0.5) is 0 Å². The zero-order valence-corrected chi connectivity index (χ0v) is 18.5. The van der Waals surface area contributed by atoms with Crippen LogP contribution < -0.4 is 4.74 Å². The molecule has 0 spiro atoms. The van der Waals surface area contributed by atoms with E-state index in [-0.39, 0.29) is 17.8 Å². The standard InChI is InChI=1S/C21H33NO5S/c1-6-28(24,25)22(12-8-7-9-13-26-17(3)23)19-15-21(4,5)27-20-11-10-16(2)14-18(19)20/h10-11,14,19H,6-9,12-13,15H2,1-5H3. The van der Waals surface area contributed by atoms with Crippen molar-refractivity contribution in [3.63, 3.8) is 0 Å². The highest BCUT2D eigenvalue weighted by Gasteiger charge is 2.40. The van der Waals surface area contributed by atoms with Crippen molar-refractivity contribution < 1.29 is 22.7 Å². The Balaban J connectivity index is 2.21. The number of hydrogen-bond donors (Lipinski definition) is 0. The topological polar surface area (TPSA) is 72.9 Å². The van der Waals surface area contributed by atoms with Crippen LogP contribution in [0.3, 0.4) is 0 Å². The van der Waals surface area contributed by atoms with Crippen LogP contribution in [0.1, 0.15) is 70.5 Å². The maximum atomic E-state index is 12.9. The first kappa shape index (κ1) is 22.7. The van der Waals surface area contributed by atoms with E-state index >= 15 is 0 Å². The average Bonchev–Trinajstić information content (AvgIpc) is 2.60. The summed E-state index contributed by atoms with van der Waals surface area (Å²) in [5, 5.41) is 0. The third-order valence-corrected chi connectivity index (χ3v) is 6.87. The average molecular weight is 412 g/mol. The normalized spacial score (nSPS) is 18.4. The molecule has 1 aliphatic heterocycles. The number of benzene rings is 1. The van der Waals surface area contributed by atoms with E-state index in [0.29, 0.717) is 19.6 Å². The van der Waals surface area contributed by atoms with Gasteiger partial charge in [-0.1, -0.05) is 17.7 Å². The van der Waals surface area contributed by atoms with Crippen LogP contribution in [-0.4, -0.2) is 43.2 Å². The second-order valence-electron chi connectivity index (χ2n) is 8.03. The van der Waals surface area contributed by atoms with E-state index in [1.165, 1.54) is 6.92 Å². The molecule has 0 radical (unpaired) electrons. The van der Waals surface area contributed by atoms with Crippen molar-refractivity contribution >= 4 is 16.0 Å². The SMILES string of the molecule is CCS(=O)(=O)N(CCCCCOC(C)=O)C1CC(C)(C)Oc2ccc(C)cc21. The van der Waals surface area contributed by atoms with Crippen molar-refractivity contribution in [2.45, 2.75) is 71.9 Å². The van der Waals surface area contributed by atoms with E-state index in [9.17, 15) is 13.2 Å². The van der Waals surface area contributed by atoms with Crippen molar-refractivity contribution in [1.82, 2.24) is 4.31 Å². The number of fused-ring (bicyclic) bond motifs is 1. The number of sulfonamides is 1. The van der Waals surface area contributed by atoms with E-state index in [0.717, 1.165) is 36.1 Å². The summed E-state index contributed by atoms with van der Waals surface area (Å²) in [6, 6.07) is 5.73. The van der Waals surface area contributed by atoms with Gasteiger partial charge in [0, 0.05) is 25.5 Å². The lowest BCUT2D eigenvalue weighted by Crippen LogP contribution is -2.44. The number of esters is 1. The summed E-state index contributed by atoms with van der Waals surface area (Å²) in [5.41, 5.74) is 1.59. The van der Waals surface area contributed by atoms with Gasteiger partial charge in [0.1, 0.15) is 11.4 Å². The number of carbonyl (C=O) groups is 1. The molecule has 28 heavy (non-hydrogen) atoms. The van der Waals surface area contributed by atoms with Crippen LogP contribution in [0.25, 0.3) is 0 Å². The van der Waals surface area contributed by atoms with E-state index < -0.39 is 15.6 Å². The fraction of sp³-hybridized carbons (Fsp3) is 0.667. The molecule has 1 unspecified atom stereocenters. The second-order valence-corrected chi connectivity index (χ2v) is 10.2. The van der Waals surface area contributed by atoms with E-state index in [1.54, 1.807) is 11.2 Å². The van der Waals surface area contributed by atoms with Gasteiger partial charge in [0.05, 0.1) is 18.4 Å². The predicted octanol–water partition coefficient (Wildman–Crippen LogP) is 3.98. The second kappa shape index (κ2) is 9.27. The molecule has 7 heteroatoms. The predicted molar refractivity (Wildman–Crippen MR) is 110 cm³/mol. The van der Waals surface area contributed by atoms with Gasteiger partial charge >= 0.3 is 5.97 Å². The molecule has 0 aromatic heterocycles.